The third kappa shape index (κ3) is 8.10. The van der Waals surface area contributed by atoms with E-state index in [-0.39, 0.29) is 23.5 Å². The summed E-state index contributed by atoms with van der Waals surface area (Å²) in [6.07, 6.45) is 0. The number of nitrogens with zero attached hydrogens (tertiary/aromatic N) is 2. The molecule has 10 aromatic carbocycles. The number of fused-ring (bicyclic) bond motifs is 18. The number of carbonyl (C=O) groups is 1. The molecule has 0 saturated carbocycles. The van der Waals surface area contributed by atoms with E-state index in [1.54, 1.807) is 14.2 Å². The lowest BCUT2D eigenvalue weighted by Gasteiger charge is -2.19. The molecule has 0 bridgehead atoms. The van der Waals surface area contributed by atoms with Gasteiger partial charge in [0.2, 0.25) is 0 Å². The van der Waals surface area contributed by atoms with Gasteiger partial charge in [-0.1, -0.05) is 114 Å². The van der Waals surface area contributed by atoms with E-state index in [9.17, 15) is 4.79 Å². The smallest absolute Gasteiger partial charge is 0.128 e. The number of carbonyl (C=O) groups excluding carboxylic acids is 1. The maximum absolute atomic E-state index is 9.62. The van der Waals surface area contributed by atoms with Gasteiger partial charge in [0, 0.05) is 74.0 Å². The third-order valence-electron chi connectivity index (χ3n) is 16.0. The Hall–Kier alpha value is -7.68. The fourth-order valence-electron chi connectivity index (χ4n) is 12.1. The van der Waals surface area contributed by atoms with Crippen molar-refractivity contribution in [3.05, 3.63) is 179 Å². The molecule has 0 saturated heterocycles. The lowest BCUT2D eigenvalue weighted by molar-refractivity contribution is -0.115. The van der Waals surface area contributed by atoms with Crippen molar-refractivity contribution < 1.29 is 15.6 Å². The van der Waals surface area contributed by atoms with Crippen LogP contribution in [-0.2, 0) is 15.6 Å². The van der Waals surface area contributed by atoms with Crippen molar-refractivity contribution in [3.63, 3.8) is 0 Å². The molecular formula is C71H61ClN2O3S2. The third-order valence-corrected chi connectivity index (χ3v) is 18.5. The molecule has 79 heavy (non-hydrogen) atoms. The molecule has 0 amide bonds. The number of thiophene rings is 2. The molecular weight excluding hydrogens is 1030 g/mol. The van der Waals surface area contributed by atoms with Crippen molar-refractivity contribution >= 4 is 162 Å². The van der Waals surface area contributed by atoms with E-state index in [4.69, 9.17) is 22.4 Å². The van der Waals surface area contributed by atoms with E-state index in [1.807, 2.05) is 34.8 Å². The van der Waals surface area contributed by atoms with Gasteiger partial charge in [0.15, 0.2) is 0 Å². The predicted molar refractivity (Wildman–Crippen MR) is 344 cm³/mol. The van der Waals surface area contributed by atoms with Gasteiger partial charge in [-0.2, -0.15) is 0 Å². The minimum absolute atomic E-state index is 0.0268. The number of aryl methyl sites for hydroxylation is 2. The predicted octanol–water partition coefficient (Wildman–Crippen LogP) is 21.1. The number of Topliss-reactive ketones (excluding diaryl/α,β-unsaturated/α-hetero) is 1. The Kier molecular flexibility index (Phi) is 11.6. The summed E-state index contributed by atoms with van der Waals surface area (Å²) in [6, 6.07) is 56.3. The van der Waals surface area contributed by atoms with Crippen molar-refractivity contribution in [1.29, 1.82) is 0 Å². The van der Waals surface area contributed by atoms with Crippen molar-refractivity contribution in [2.75, 3.05) is 14.2 Å². The van der Waals surface area contributed by atoms with Crippen LogP contribution in [0.5, 0.6) is 11.5 Å². The van der Waals surface area contributed by atoms with Crippen LogP contribution in [-0.4, -0.2) is 29.0 Å². The van der Waals surface area contributed by atoms with Gasteiger partial charge >= 0.3 is 0 Å². The molecule has 0 radical (unpaired) electrons. The molecule has 0 unspecified atom stereocenters. The molecule has 5 heterocycles. The van der Waals surface area contributed by atoms with Crippen LogP contribution in [0.15, 0.2) is 152 Å². The minimum atomic E-state index is -0.0833. The SMILES string of the molecule is COc1ccc(Cl)c2c1c1cc(C(C)(C)C)ccc1n2-c1cccc2cc3c(cc12)sc1cc(C)ccc13.COc1ccc2c3ccc4cc5c(cc4c3n3c4ccc(C(C)(C)C)cc4c1c23)sc1cc(C)ccc15.[2H]CC(C)=O. The normalized spacial score (nSPS) is 12.6. The number of hydrogen-bond donors (Lipinski definition) is 0. The van der Waals surface area contributed by atoms with E-state index in [0.29, 0.717) is 5.02 Å². The second kappa shape index (κ2) is 18.5. The van der Waals surface area contributed by atoms with E-state index in [0.717, 1.165) is 39.0 Å². The number of halogens is 1. The van der Waals surface area contributed by atoms with E-state index >= 15 is 0 Å². The van der Waals surface area contributed by atoms with Crippen molar-refractivity contribution in [1.82, 2.24) is 8.97 Å². The minimum Gasteiger partial charge on any atom is -0.496 e. The second-order valence-corrected chi connectivity index (χ2v) is 26.0. The van der Waals surface area contributed by atoms with Gasteiger partial charge in [0.05, 0.1) is 63.3 Å². The summed E-state index contributed by atoms with van der Waals surface area (Å²) < 4.78 is 28.3. The second-order valence-electron chi connectivity index (χ2n) is 23.4. The number of ether oxygens (including phenoxy) is 2. The fourth-order valence-corrected chi connectivity index (χ4v) is 14.8. The van der Waals surface area contributed by atoms with Gasteiger partial charge in [0.1, 0.15) is 17.3 Å². The number of benzene rings is 10. The number of aromatic nitrogens is 2. The maximum Gasteiger partial charge on any atom is 0.128 e. The number of hydrogen-bond acceptors (Lipinski definition) is 5. The molecule has 5 nitrogen and oxygen atoms in total. The summed E-state index contributed by atoms with van der Waals surface area (Å²) in [5.41, 5.74) is 12.3. The molecule has 0 fully saturated rings. The van der Waals surface area contributed by atoms with Crippen molar-refractivity contribution in [3.8, 4) is 17.2 Å². The molecule has 15 aromatic rings. The van der Waals surface area contributed by atoms with Gasteiger partial charge in [-0.25, -0.2) is 0 Å². The first kappa shape index (κ1) is 49.6. The van der Waals surface area contributed by atoms with E-state index in [1.165, 1.54) is 129 Å². The van der Waals surface area contributed by atoms with Gasteiger partial charge in [-0.3, -0.25) is 0 Å². The zero-order chi connectivity index (χ0) is 55.8. The van der Waals surface area contributed by atoms with Crippen LogP contribution >= 0.6 is 34.3 Å². The molecule has 0 atom stereocenters. The highest BCUT2D eigenvalue weighted by Gasteiger charge is 2.26. The summed E-state index contributed by atoms with van der Waals surface area (Å²) in [6.45, 7) is 19.2. The number of rotatable bonds is 3. The quantitative estimate of drug-likeness (QED) is 0.177. The van der Waals surface area contributed by atoms with Gasteiger partial charge < -0.3 is 23.2 Å². The molecule has 15 rings (SSSR count). The molecule has 0 spiro atoms. The highest BCUT2D eigenvalue weighted by molar-refractivity contribution is 7.26. The first-order chi connectivity index (χ1) is 38.3. The van der Waals surface area contributed by atoms with Crippen LogP contribution in [0.1, 0.15) is 79.0 Å². The fraction of sp³-hybridized carbons (Fsp3) is 0.197. The standard InChI is InChI=1S/C34H28ClNOS.C34H27NOS.C3H6O/c1-19-9-11-22-24-16-20-7-6-8-27(23(20)18-31(24)38-30(22)15-19)36-28-13-10-21(34(2,3)4)17-25(28)32-29(37-5)14-12-26(35)33(32)36;1-18-6-9-21-25-15-19-7-10-22-23-11-13-28(36-5)31-26-16-20(34(2,3)4)8-12-27(26)35(33(23)31)32(22)24(19)17-30(25)37-29(21)14-18;1-3(2)4/h6-18H,1-5H3;6-17H,1-5H3;1-2H3/i;;1D. The van der Waals surface area contributed by atoms with Crippen molar-refractivity contribution in [2.45, 2.75) is 80.0 Å². The molecule has 0 aliphatic carbocycles. The Morgan fingerprint density at radius 2 is 0.987 bits per heavy atom. The van der Waals surface area contributed by atoms with E-state index < -0.39 is 0 Å². The topological polar surface area (TPSA) is 44.9 Å². The largest absolute Gasteiger partial charge is 0.496 e. The number of ketones is 1. The van der Waals surface area contributed by atoms with Gasteiger partial charge in [-0.15, -0.1) is 22.7 Å². The van der Waals surface area contributed by atoms with E-state index in [2.05, 4.69) is 204 Å². The zero-order valence-corrected chi connectivity index (χ0v) is 48.8. The number of methoxy groups -OCH3 is 2. The summed E-state index contributed by atoms with van der Waals surface area (Å²) in [4.78, 5) is 9.62. The summed E-state index contributed by atoms with van der Waals surface area (Å²) >= 11 is 10.7. The van der Waals surface area contributed by atoms with Crippen LogP contribution in [0.25, 0.3) is 127 Å². The Balaban J connectivity index is 0.000000140. The van der Waals surface area contributed by atoms with Crippen LogP contribution in [0.4, 0.5) is 0 Å². The Morgan fingerprint density at radius 3 is 1.57 bits per heavy atom. The van der Waals surface area contributed by atoms with Crippen LogP contribution in [0, 0.1) is 13.8 Å². The summed E-state index contributed by atoms with van der Waals surface area (Å²) in [5, 5.41) is 18.3. The summed E-state index contributed by atoms with van der Waals surface area (Å²) in [7, 11) is 3.52. The molecule has 8 heteroatoms. The van der Waals surface area contributed by atoms with Crippen molar-refractivity contribution in [2.24, 2.45) is 0 Å². The monoisotopic (exact) mass is 1090 g/mol. The molecule has 392 valence electrons. The first-order valence-corrected chi connectivity index (χ1v) is 28.9. The first-order valence-electron chi connectivity index (χ1n) is 27.6. The average Bonchev–Trinajstić information content (AvgIpc) is 4.43. The Labute approximate surface area is 473 Å². The lowest BCUT2D eigenvalue weighted by Crippen LogP contribution is -2.10. The average molecular weight is 1090 g/mol. The zero-order valence-electron chi connectivity index (χ0n) is 47.5. The van der Waals surface area contributed by atoms with Gasteiger partial charge in [-0.05, 0) is 163 Å². The molecule has 5 aromatic heterocycles. The van der Waals surface area contributed by atoms with Gasteiger partial charge in [0.25, 0.3) is 0 Å². The highest BCUT2D eigenvalue weighted by atomic mass is 35.5. The van der Waals surface area contributed by atoms with Crippen LogP contribution in [0.3, 0.4) is 0 Å². The van der Waals surface area contributed by atoms with Crippen LogP contribution in [0.2, 0.25) is 5.02 Å². The molecule has 0 N–H and O–H groups in total. The van der Waals surface area contributed by atoms with Crippen LogP contribution < -0.4 is 9.47 Å². The molecule has 0 aliphatic rings. The Morgan fingerprint density at radius 1 is 0.494 bits per heavy atom. The lowest BCUT2D eigenvalue weighted by atomic mass is 9.86. The Bertz CT molecular complexity index is 5060. The molecule has 0 aliphatic heterocycles. The highest BCUT2D eigenvalue weighted by Crippen LogP contribution is 2.49. The maximum atomic E-state index is 9.62. The summed E-state index contributed by atoms with van der Waals surface area (Å²) in [5.74, 6) is 1.69.